The summed E-state index contributed by atoms with van der Waals surface area (Å²) in [5, 5.41) is 27.0. The minimum Gasteiger partial charge on any atom is -0.399 e. The van der Waals surface area contributed by atoms with Crippen molar-refractivity contribution in [3.05, 3.63) is 29.3 Å². The molecule has 0 spiro atoms. The highest BCUT2D eigenvalue weighted by atomic mass is 19.1. The van der Waals surface area contributed by atoms with Gasteiger partial charge in [-0.25, -0.2) is 14.3 Å². The molecular weight excluding hydrogens is 661 g/mol. The van der Waals surface area contributed by atoms with Gasteiger partial charge in [0.15, 0.2) is 0 Å². The van der Waals surface area contributed by atoms with Gasteiger partial charge in [-0.2, -0.15) is 0 Å². The van der Waals surface area contributed by atoms with Gasteiger partial charge in [-0.3, -0.25) is 24.4 Å². The Morgan fingerprint density at radius 1 is 0.860 bits per heavy atom. The van der Waals surface area contributed by atoms with Gasteiger partial charge >= 0.3 is 7.12 Å². The second kappa shape index (κ2) is 18.3. The lowest BCUT2D eigenvalue weighted by Gasteiger charge is -2.32. The lowest BCUT2D eigenvalue weighted by molar-refractivity contribution is -0.147. The van der Waals surface area contributed by atoms with Crippen LogP contribution in [0.25, 0.3) is 0 Å². The van der Waals surface area contributed by atoms with Crippen LogP contribution in [0.15, 0.2) is 12.1 Å². The molecule has 0 unspecified atom stereocenters. The predicted molar refractivity (Wildman–Crippen MR) is 179 cm³/mol. The van der Waals surface area contributed by atoms with Crippen molar-refractivity contribution in [1.82, 2.24) is 21.4 Å². The number of halogens is 2. The Morgan fingerprint density at radius 3 is 1.82 bits per heavy atom. The molecular formula is C33H53BF2N4O10. The summed E-state index contributed by atoms with van der Waals surface area (Å²) in [5.41, 5.74) is -1.57. The summed E-state index contributed by atoms with van der Waals surface area (Å²) in [7, 11) is -1.25. The van der Waals surface area contributed by atoms with Crippen LogP contribution in [0.2, 0.25) is 0 Å². The summed E-state index contributed by atoms with van der Waals surface area (Å²) in [4.78, 5) is 50.3. The third kappa shape index (κ3) is 11.9. The molecule has 1 heterocycles. The van der Waals surface area contributed by atoms with Crippen LogP contribution in [-0.2, 0) is 33.2 Å². The Hall–Kier alpha value is -3.22. The molecule has 0 saturated carbocycles. The van der Waals surface area contributed by atoms with Crippen LogP contribution < -0.4 is 26.9 Å². The zero-order chi connectivity index (χ0) is 38.0. The van der Waals surface area contributed by atoms with Crippen molar-refractivity contribution in [3.8, 4) is 0 Å². The quantitative estimate of drug-likeness (QED) is 0.0557. The molecule has 50 heavy (non-hydrogen) atoms. The molecule has 282 valence electrons. The van der Waals surface area contributed by atoms with Gasteiger partial charge in [-0.05, 0) is 57.6 Å². The van der Waals surface area contributed by atoms with Crippen molar-refractivity contribution in [2.45, 2.75) is 92.1 Å². The second-order valence-corrected chi connectivity index (χ2v) is 14.7. The average Bonchev–Trinajstić information content (AvgIpc) is 3.22. The van der Waals surface area contributed by atoms with E-state index in [-0.39, 0.29) is 57.4 Å². The van der Waals surface area contributed by atoms with Gasteiger partial charge < -0.3 is 39.8 Å². The summed E-state index contributed by atoms with van der Waals surface area (Å²) in [5.74, 6) is -6.19. The van der Waals surface area contributed by atoms with E-state index < -0.39 is 82.5 Å². The first-order valence-electron chi connectivity index (χ1n) is 16.6. The highest BCUT2D eigenvalue weighted by Crippen LogP contribution is 2.37. The fourth-order valence-electron chi connectivity index (χ4n) is 4.97. The molecule has 1 aromatic rings. The summed E-state index contributed by atoms with van der Waals surface area (Å²) >= 11 is 0. The number of carbonyl (C=O) groups is 4. The van der Waals surface area contributed by atoms with Crippen LogP contribution >= 0.6 is 0 Å². The van der Waals surface area contributed by atoms with E-state index in [0.717, 1.165) is 12.1 Å². The Balaban J connectivity index is 1.73. The summed E-state index contributed by atoms with van der Waals surface area (Å²) < 4.78 is 52.1. The molecule has 6 N–H and O–H groups in total. The van der Waals surface area contributed by atoms with Crippen LogP contribution in [0.1, 0.15) is 79.1 Å². The van der Waals surface area contributed by atoms with Crippen LogP contribution in [0.4, 0.5) is 8.78 Å². The number of nitrogens with one attached hydrogen (secondary N) is 4. The smallest absolute Gasteiger partial charge is 0.399 e. The number of hydroxylamine groups is 1. The van der Waals surface area contributed by atoms with Crippen molar-refractivity contribution < 1.29 is 57.1 Å². The fraction of sp³-hybridized carbons (Fsp3) is 0.697. The molecule has 1 fully saturated rings. The molecule has 1 saturated heterocycles. The van der Waals surface area contributed by atoms with Gasteiger partial charge in [0.2, 0.25) is 11.8 Å². The standard InChI is InChI=1S/C33H53BF2N4O10/c1-19(2)16-21(25(41)29(44)40-46)28(43)39-26(31(3,4)5)30(45)38-11-13-48-15-14-47-12-10-37-27(42)20-17-22(35)24(23(36)18-20)34-49-32(6,7)33(8,9)50-34/h17-19,21,25-26,41,46H,10-16H2,1-9H3,(H,37,42)(H,38,45)(H,39,43)(H,40,44)/t21-,25+,26-/m1/s1. The van der Waals surface area contributed by atoms with E-state index in [1.807, 2.05) is 0 Å². The van der Waals surface area contributed by atoms with Gasteiger partial charge in [0.05, 0.1) is 49.0 Å². The average molecular weight is 715 g/mol. The number of aliphatic hydroxyl groups is 1. The van der Waals surface area contributed by atoms with E-state index in [1.165, 1.54) is 5.48 Å². The summed E-state index contributed by atoms with van der Waals surface area (Å²) in [6.45, 7) is 16.6. The zero-order valence-corrected chi connectivity index (χ0v) is 30.4. The molecule has 0 radical (unpaired) electrons. The van der Waals surface area contributed by atoms with Crippen molar-refractivity contribution in [3.63, 3.8) is 0 Å². The lowest BCUT2D eigenvalue weighted by Crippen LogP contribution is -2.57. The Morgan fingerprint density at radius 2 is 1.36 bits per heavy atom. The molecule has 2 rings (SSSR count). The molecule has 0 aromatic heterocycles. The lowest BCUT2D eigenvalue weighted by atomic mass is 9.77. The molecule has 3 atom stereocenters. The third-order valence-electron chi connectivity index (χ3n) is 8.52. The van der Waals surface area contributed by atoms with Crippen molar-refractivity contribution in [1.29, 1.82) is 0 Å². The van der Waals surface area contributed by atoms with Crippen molar-refractivity contribution in [2.24, 2.45) is 17.3 Å². The third-order valence-corrected chi connectivity index (χ3v) is 8.52. The van der Waals surface area contributed by atoms with E-state index in [1.54, 1.807) is 62.3 Å². The van der Waals surface area contributed by atoms with Crippen LogP contribution in [-0.4, -0.2) is 104 Å². The Kier molecular flexibility index (Phi) is 15.7. The van der Waals surface area contributed by atoms with E-state index >= 15 is 0 Å². The first kappa shape index (κ1) is 43.0. The minimum absolute atomic E-state index is 0.0662. The topological polar surface area (TPSA) is 194 Å². The number of amides is 4. The highest BCUT2D eigenvalue weighted by molar-refractivity contribution is 6.62. The van der Waals surface area contributed by atoms with Gasteiger partial charge in [0.25, 0.3) is 11.8 Å². The van der Waals surface area contributed by atoms with Crippen LogP contribution in [0.5, 0.6) is 0 Å². The largest absolute Gasteiger partial charge is 0.500 e. The maximum atomic E-state index is 14.9. The number of aliphatic hydroxyl groups excluding tert-OH is 1. The molecule has 4 amide bonds. The molecule has 1 aliphatic rings. The van der Waals surface area contributed by atoms with E-state index in [9.17, 15) is 33.1 Å². The van der Waals surface area contributed by atoms with Gasteiger partial charge in [-0.1, -0.05) is 34.6 Å². The summed E-state index contributed by atoms with van der Waals surface area (Å²) in [6, 6.07) is 0.849. The van der Waals surface area contributed by atoms with Gasteiger partial charge in [-0.15, -0.1) is 0 Å². The first-order chi connectivity index (χ1) is 23.1. The number of carbonyl (C=O) groups excluding carboxylic acids is 4. The second-order valence-electron chi connectivity index (χ2n) is 14.7. The van der Waals surface area contributed by atoms with Crippen LogP contribution in [0, 0.1) is 28.9 Å². The molecule has 1 aliphatic heterocycles. The van der Waals surface area contributed by atoms with Gasteiger partial charge in [0, 0.05) is 18.7 Å². The number of hydrogen-bond acceptors (Lipinski definition) is 10. The minimum atomic E-state index is -1.81. The first-order valence-corrected chi connectivity index (χ1v) is 16.6. The number of ether oxygens (including phenoxy) is 2. The number of benzene rings is 1. The van der Waals surface area contributed by atoms with Crippen molar-refractivity contribution >= 4 is 36.2 Å². The van der Waals surface area contributed by atoms with E-state index in [4.69, 9.17) is 24.0 Å². The SMILES string of the molecule is CC(C)C[C@@H](C(=O)N[C@H](C(=O)NCCOCCOCCNC(=O)c1cc(F)c(B2OC(C)(C)C(C)(C)O2)c(F)c1)C(C)(C)C)[C@H](O)C(=O)NO. The number of hydrogen-bond donors (Lipinski definition) is 6. The molecule has 0 aliphatic carbocycles. The monoisotopic (exact) mass is 714 g/mol. The zero-order valence-electron chi connectivity index (χ0n) is 30.4. The number of rotatable bonds is 18. The molecule has 17 heteroatoms. The molecule has 14 nitrogen and oxygen atoms in total. The van der Waals surface area contributed by atoms with E-state index in [2.05, 4.69) is 16.0 Å². The fourth-order valence-corrected chi connectivity index (χ4v) is 4.97. The highest BCUT2D eigenvalue weighted by Gasteiger charge is 2.53. The van der Waals surface area contributed by atoms with Crippen molar-refractivity contribution in [2.75, 3.05) is 39.5 Å². The molecule has 1 aromatic carbocycles. The Labute approximate surface area is 292 Å². The maximum Gasteiger partial charge on any atom is 0.500 e. The summed E-state index contributed by atoms with van der Waals surface area (Å²) in [6.07, 6.45) is -1.67. The predicted octanol–water partition coefficient (Wildman–Crippen LogP) is 1.20. The maximum absolute atomic E-state index is 14.9. The Bertz CT molecular complexity index is 1300. The van der Waals surface area contributed by atoms with E-state index in [0.29, 0.717) is 0 Å². The van der Waals surface area contributed by atoms with Crippen LogP contribution in [0.3, 0.4) is 0 Å². The normalized spacial score (nSPS) is 17.2. The molecule has 0 bridgehead atoms. The van der Waals surface area contributed by atoms with Gasteiger partial charge in [0.1, 0.15) is 23.8 Å².